The Morgan fingerprint density at radius 2 is 2.17 bits per heavy atom. The van der Waals surface area contributed by atoms with E-state index < -0.39 is 5.91 Å². The highest BCUT2D eigenvalue weighted by molar-refractivity contribution is 6.02. The summed E-state index contributed by atoms with van der Waals surface area (Å²) in [6.45, 7) is 0. The van der Waals surface area contributed by atoms with Crippen molar-refractivity contribution in [1.82, 2.24) is 0 Å². The van der Waals surface area contributed by atoms with Crippen LogP contribution in [0.25, 0.3) is 5.57 Å². The second kappa shape index (κ2) is 4.91. The number of amides is 1. The Morgan fingerprint density at radius 1 is 1.39 bits per heavy atom. The average Bonchev–Trinajstić information content (AvgIpc) is 2.70. The molecule has 0 atom stereocenters. The summed E-state index contributed by atoms with van der Waals surface area (Å²) in [7, 11) is 1.62. The van der Waals surface area contributed by atoms with E-state index in [1.165, 1.54) is 11.6 Å². The van der Waals surface area contributed by atoms with Gasteiger partial charge in [0.1, 0.15) is 5.75 Å². The van der Waals surface area contributed by atoms with Gasteiger partial charge >= 0.3 is 0 Å². The number of methoxy groups -OCH3 is 1. The fourth-order valence-corrected chi connectivity index (χ4v) is 2.06. The van der Waals surface area contributed by atoms with Crippen LogP contribution in [0.15, 0.2) is 29.3 Å². The van der Waals surface area contributed by atoms with Crippen LogP contribution in [0.3, 0.4) is 0 Å². The molecule has 0 saturated carbocycles. The van der Waals surface area contributed by atoms with E-state index in [0.717, 1.165) is 29.7 Å². The minimum Gasteiger partial charge on any atom is -0.497 e. The number of nitrogens with zero attached hydrogens (tertiary/aromatic N) is 1. The van der Waals surface area contributed by atoms with Crippen molar-refractivity contribution >= 4 is 17.4 Å². The third kappa shape index (κ3) is 2.51. The van der Waals surface area contributed by atoms with Gasteiger partial charge in [0.2, 0.25) is 0 Å². The molecule has 2 rings (SSSR count). The van der Waals surface area contributed by atoms with E-state index in [2.05, 4.69) is 4.99 Å². The summed E-state index contributed by atoms with van der Waals surface area (Å²) in [5.41, 5.74) is 13.5. The maximum absolute atomic E-state index is 11.5. The molecule has 4 N–H and O–H groups in total. The van der Waals surface area contributed by atoms with Crippen molar-refractivity contribution in [2.24, 2.45) is 16.5 Å². The lowest BCUT2D eigenvalue weighted by atomic mass is 10.1. The first-order chi connectivity index (χ1) is 8.60. The lowest BCUT2D eigenvalue weighted by Crippen LogP contribution is -2.23. The Hall–Kier alpha value is -2.30. The molecule has 0 radical (unpaired) electrons. The largest absolute Gasteiger partial charge is 0.497 e. The van der Waals surface area contributed by atoms with Crippen molar-refractivity contribution < 1.29 is 9.53 Å². The van der Waals surface area contributed by atoms with Crippen LogP contribution in [-0.2, 0) is 11.2 Å². The molecule has 94 valence electrons. The standard InChI is InChI=1S/C13H15N3O2/c1-18-10-5-4-8-2-3-9(11(8)7-10)6-12(17)16-13(14)15/h4-7H,2-3H2,1H3,(H4,14,15,16,17)/b9-6+. The summed E-state index contributed by atoms with van der Waals surface area (Å²) in [4.78, 5) is 15.0. The topological polar surface area (TPSA) is 90.7 Å². The van der Waals surface area contributed by atoms with Gasteiger partial charge in [0, 0.05) is 6.08 Å². The molecular formula is C13H15N3O2. The minimum absolute atomic E-state index is 0.222. The number of aryl methyl sites for hydroxylation is 1. The number of nitrogens with two attached hydrogens (primary N) is 2. The van der Waals surface area contributed by atoms with Crippen LogP contribution in [0.1, 0.15) is 17.5 Å². The van der Waals surface area contributed by atoms with Crippen molar-refractivity contribution in [3.63, 3.8) is 0 Å². The summed E-state index contributed by atoms with van der Waals surface area (Å²) in [6, 6.07) is 5.86. The maximum Gasteiger partial charge on any atom is 0.273 e. The van der Waals surface area contributed by atoms with E-state index in [9.17, 15) is 4.79 Å². The maximum atomic E-state index is 11.5. The Labute approximate surface area is 105 Å². The molecule has 5 nitrogen and oxygen atoms in total. The Balaban J connectivity index is 2.33. The fraction of sp³-hybridized carbons (Fsp3) is 0.231. The first-order valence-corrected chi connectivity index (χ1v) is 5.61. The third-order valence-corrected chi connectivity index (χ3v) is 2.86. The lowest BCUT2D eigenvalue weighted by Gasteiger charge is -2.04. The molecule has 0 spiro atoms. The number of carbonyl (C=O) groups excluding carboxylic acids is 1. The van der Waals surface area contributed by atoms with E-state index in [1.54, 1.807) is 7.11 Å². The lowest BCUT2D eigenvalue weighted by molar-refractivity contribution is -0.113. The zero-order chi connectivity index (χ0) is 13.1. The van der Waals surface area contributed by atoms with Gasteiger partial charge in [-0.1, -0.05) is 6.07 Å². The number of benzene rings is 1. The SMILES string of the molecule is COc1ccc2c(c1)/C(=C/C(=O)N=C(N)N)CC2. The summed E-state index contributed by atoms with van der Waals surface area (Å²) in [6.07, 6.45) is 3.21. The minimum atomic E-state index is -0.430. The van der Waals surface area contributed by atoms with Gasteiger partial charge in [-0.25, -0.2) is 0 Å². The van der Waals surface area contributed by atoms with Crippen LogP contribution in [0.4, 0.5) is 0 Å². The number of carbonyl (C=O) groups is 1. The molecule has 0 unspecified atom stereocenters. The number of guanidine groups is 1. The molecule has 18 heavy (non-hydrogen) atoms. The first kappa shape index (κ1) is 12.2. The molecule has 0 aromatic heterocycles. The van der Waals surface area contributed by atoms with Crippen molar-refractivity contribution in [3.8, 4) is 5.75 Å². The summed E-state index contributed by atoms with van der Waals surface area (Å²) in [5, 5.41) is 0. The van der Waals surface area contributed by atoms with Gasteiger partial charge in [0.25, 0.3) is 5.91 Å². The molecule has 0 saturated heterocycles. The van der Waals surface area contributed by atoms with Gasteiger partial charge < -0.3 is 16.2 Å². The van der Waals surface area contributed by atoms with Gasteiger partial charge in [0.05, 0.1) is 7.11 Å². The van der Waals surface area contributed by atoms with Gasteiger partial charge in [0.15, 0.2) is 5.96 Å². The van der Waals surface area contributed by atoms with Gasteiger partial charge in [-0.05, 0) is 41.7 Å². The molecule has 1 aliphatic rings. The van der Waals surface area contributed by atoms with Crippen molar-refractivity contribution in [3.05, 3.63) is 35.4 Å². The van der Waals surface area contributed by atoms with Crippen LogP contribution in [0.5, 0.6) is 5.75 Å². The number of fused-ring (bicyclic) bond motifs is 1. The van der Waals surface area contributed by atoms with Crippen LogP contribution < -0.4 is 16.2 Å². The molecular weight excluding hydrogens is 230 g/mol. The summed E-state index contributed by atoms with van der Waals surface area (Å²) in [5.74, 6) is 0.122. The molecule has 1 amide bonds. The third-order valence-electron chi connectivity index (χ3n) is 2.86. The summed E-state index contributed by atoms with van der Waals surface area (Å²) >= 11 is 0. The van der Waals surface area contributed by atoms with Crippen LogP contribution in [0, 0.1) is 0 Å². The van der Waals surface area contributed by atoms with Crippen LogP contribution >= 0.6 is 0 Å². The highest BCUT2D eigenvalue weighted by atomic mass is 16.5. The van der Waals surface area contributed by atoms with Crippen molar-refractivity contribution in [2.45, 2.75) is 12.8 Å². The van der Waals surface area contributed by atoms with E-state index in [4.69, 9.17) is 16.2 Å². The predicted molar refractivity (Wildman–Crippen MR) is 70.1 cm³/mol. The number of hydrogen-bond donors (Lipinski definition) is 2. The Kier molecular flexibility index (Phi) is 3.32. The van der Waals surface area contributed by atoms with E-state index >= 15 is 0 Å². The smallest absolute Gasteiger partial charge is 0.273 e. The average molecular weight is 245 g/mol. The fourth-order valence-electron chi connectivity index (χ4n) is 2.06. The van der Waals surface area contributed by atoms with Crippen molar-refractivity contribution in [1.29, 1.82) is 0 Å². The second-order valence-electron chi connectivity index (χ2n) is 4.07. The number of rotatable bonds is 2. The molecule has 1 aromatic rings. The molecule has 5 heteroatoms. The molecule has 1 aliphatic carbocycles. The zero-order valence-corrected chi connectivity index (χ0v) is 10.1. The number of ether oxygens (including phenoxy) is 1. The number of allylic oxidation sites excluding steroid dienone is 1. The predicted octanol–water partition coefficient (Wildman–Crippen LogP) is 0.825. The van der Waals surface area contributed by atoms with Crippen LogP contribution in [-0.4, -0.2) is 19.0 Å². The van der Waals surface area contributed by atoms with Crippen LogP contribution in [0.2, 0.25) is 0 Å². The Morgan fingerprint density at radius 3 is 2.83 bits per heavy atom. The van der Waals surface area contributed by atoms with E-state index in [1.807, 2.05) is 18.2 Å². The molecule has 0 heterocycles. The Bertz CT molecular complexity index is 543. The van der Waals surface area contributed by atoms with Crippen molar-refractivity contribution in [2.75, 3.05) is 7.11 Å². The monoisotopic (exact) mass is 245 g/mol. The van der Waals surface area contributed by atoms with Gasteiger partial charge in [-0.15, -0.1) is 0 Å². The second-order valence-corrected chi connectivity index (χ2v) is 4.07. The molecule has 1 aromatic carbocycles. The summed E-state index contributed by atoms with van der Waals surface area (Å²) < 4.78 is 5.18. The van der Waals surface area contributed by atoms with E-state index in [-0.39, 0.29) is 5.96 Å². The number of hydrogen-bond acceptors (Lipinski definition) is 2. The molecule has 0 bridgehead atoms. The highest BCUT2D eigenvalue weighted by Crippen LogP contribution is 2.34. The normalized spacial score (nSPS) is 15.3. The molecule has 0 fully saturated rings. The van der Waals surface area contributed by atoms with Gasteiger partial charge in [-0.3, -0.25) is 4.79 Å². The van der Waals surface area contributed by atoms with E-state index in [0.29, 0.717) is 0 Å². The quantitative estimate of drug-likeness (QED) is 0.458. The highest BCUT2D eigenvalue weighted by Gasteiger charge is 2.17. The molecule has 0 aliphatic heterocycles. The number of aliphatic imine (C=N–C) groups is 1. The first-order valence-electron chi connectivity index (χ1n) is 5.61. The van der Waals surface area contributed by atoms with Gasteiger partial charge in [-0.2, -0.15) is 4.99 Å². The zero-order valence-electron chi connectivity index (χ0n) is 10.1.